The molecule has 0 atom stereocenters. The minimum atomic E-state index is -4.85. The number of hydrogen-bond donors (Lipinski definition) is 0. The van der Waals surface area contributed by atoms with Gasteiger partial charge in [0.25, 0.3) is 0 Å². The van der Waals surface area contributed by atoms with E-state index in [0.717, 1.165) is 4.68 Å². The van der Waals surface area contributed by atoms with E-state index in [2.05, 4.69) is 15.1 Å². The first-order valence-corrected chi connectivity index (χ1v) is 6.06. The Bertz CT molecular complexity index is 936. The number of fused-ring (bicyclic) bond motifs is 2. The van der Waals surface area contributed by atoms with Gasteiger partial charge >= 0.3 is 6.18 Å². The summed E-state index contributed by atoms with van der Waals surface area (Å²) in [5.74, 6) is 0. The van der Waals surface area contributed by atoms with E-state index in [1.54, 1.807) is 12.1 Å². The van der Waals surface area contributed by atoms with E-state index in [-0.39, 0.29) is 11.2 Å². The molecule has 0 unspecified atom stereocenters. The average molecular weight is 315 g/mol. The maximum Gasteiger partial charge on any atom is 0.439 e. The molecule has 0 spiro atoms. The summed E-state index contributed by atoms with van der Waals surface area (Å²) in [6.07, 6.45) is -4.85. The summed E-state index contributed by atoms with van der Waals surface area (Å²) in [5, 5.41) is 3.59. The lowest BCUT2D eigenvalue weighted by atomic mass is 10.2. The third-order valence-corrected chi connectivity index (χ3v) is 3.10. The zero-order valence-electron chi connectivity index (χ0n) is 10.4. The first-order chi connectivity index (χ1) is 9.77. The number of nitrogens with zero attached hydrogens (tertiary/aromatic N) is 4. The van der Waals surface area contributed by atoms with Crippen molar-refractivity contribution in [2.24, 2.45) is 7.05 Å². The summed E-state index contributed by atoms with van der Waals surface area (Å²) in [6, 6.07) is 4.56. The maximum absolute atomic E-state index is 12.8. The fraction of sp³-hybridized carbons (Fsp3) is 0.167. The van der Waals surface area contributed by atoms with Crippen LogP contribution in [0.4, 0.5) is 13.2 Å². The van der Waals surface area contributed by atoms with Gasteiger partial charge in [0.2, 0.25) is 11.1 Å². The highest BCUT2D eigenvalue weighted by molar-refractivity contribution is 6.31. The van der Waals surface area contributed by atoms with Crippen molar-refractivity contribution in [3.05, 3.63) is 39.1 Å². The Morgan fingerprint density at radius 1 is 1.19 bits per heavy atom. The largest absolute Gasteiger partial charge is 0.439 e. The van der Waals surface area contributed by atoms with Crippen molar-refractivity contribution in [3.63, 3.8) is 0 Å². The van der Waals surface area contributed by atoms with Crippen LogP contribution in [0, 0.1) is 0 Å². The number of benzene rings is 1. The molecule has 0 saturated heterocycles. The number of hydrogen-bond acceptors (Lipinski definition) is 4. The number of rotatable bonds is 0. The molecule has 2 aromatic heterocycles. The highest BCUT2D eigenvalue weighted by Crippen LogP contribution is 2.26. The van der Waals surface area contributed by atoms with Crippen LogP contribution in [-0.2, 0) is 13.2 Å². The van der Waals surface area contributed by atoms with Gasteiger partial charge in [-0.15, -0.1) is 0 Å². The van der Waals surface area contributed by atoms with Crippen molar-refractivity contribution in [1.82, 2.24) is 19.7 Å². The van der Waals surface area contributed by atoms with Crippen LogP contribution in [0.1, 0.15) is 5.69 Å². The van der Waals surface area contributed by atoms with Crippen molar-refractivity contribution in [1.29, 1.82) is 0 Å². The highest BCUT2D eigenvalue weighted by Gasteiger charge is 2.37. The zero-order chi connectivity index (χ0) is 15.4. The Kier molecular flexibility index (Phi) is 2.87. The minimum absolute atomic E-state index is 0.0252. The Labute approximate surface area is 120 Å². The molecule has 0 amide bonds. The maximum atomic E-state index is 12.8. The van der Waals surface area contributed by atoms with Crippen LogP contribution < -0.4 is 5.43 Å². The number of aromatic nitrogens is 4. The predicted octanol–water partition coefficient (Wildman–Crippen LogP) is 2.55. The average Bonchev–Trinajstić information content (AvgIpc) is 2.40. The van der Waals surface area contributed by atoms with Crippen LogP contribution in [0.5, 0.6) is 0 Å². The molecule has 0 aliphatic carbocycles. The number of aryl methyl sites for hydroxylation is 1. The summed E-state index contributed by atoms with van der Waals surface area (Å²) in [6.45, 7) is 0. The molecule has 2 heterocycles. The molecule has 108 valence electrons. The van der Waals surface area contributed by atoms with Gasteiger partial charge in [-0.2, -0.15) is 18.3 Å². The molecule has 0 radical (unpaired) electrons. The molecule has 0 fully saturated rings. The van der Waals surface area contributed by atoms with Crippen LogP contribution in [0.3, 0.4) is 0 Å². The van der Waals surface area contributed by atoms with E-state index in [4.69, 9.17) is 11.6 Å². The molecule has 0 aliphatic heterocycles. The normalized spacial score (nSPS) is 12.2. The minimum Gasteiger partial charge on any atom is -0.285 e. The molecule has 9 heteroatoms. The fourth-order valence-electron chi connectivity index (χ4n) is 1.94. The summed E-state index contributed by atoms with van der Waals surface area (Å²) < 4.78 is 39.3. The SMILES string of the molecule is Cn1nc(C(F)(F)F)c(=O)c2nc3cc(Cl)ccc3nc21. The van der Waals surface area contributed by atoms with Crippen LogP contribution in [-0.4, -0.2) is 19.7 Å². The van der Waals surface area contributed by atoms with Gasteiger partial charge in [-0.3, -0.25) is 4.79 Å². The molecule has 0 saturated carbocycles. The highest BCUT2D eigenvalue weighted by atomic mass is 35.5. The van der Waals surface area contributed by atoms with Crippen molar-refractivity contribution in [3.8, 4) is 0 Å². The Balaban J connectivity index is 2.49. The third-order valence-electron chi connectivity index (χ3n) is 2.86. The molecular formula is C12H6ClF3N4O. The van der Waals surface area contributed by atoms with Crippen LogP contribution in [0.15, 0.2) is 23.0 Å². The van der Waals surface area contributed by atoms with Gasteiger partial charge in [-0.25, -0.2) is 14.6 Å². The van der Waals surface area contributed by atoms with Crippen molar-refractivity contribution in [2.45, 2.75) is 6.18 Å². The molecular weight excluding hydrogens is 309 g/mol. The molecule has 0 N–H and O–H groups in total. The van der Waals surface area contributed by atoms with Gasteiger partial charge in [-0.05, 0) is 18.2 Å². The number of alkyl halides is 3. The monoisotopic (exact) mass is 314 g/mol. The smallest absolute Gasteiger partial charge is 0.285 e. The summed E-state index contributed by atoms with van der Waals surface area (Å²) in [5.41, 5.74) is -2.59. The van der Waals surface area contributed by atoms with Gasteiger partial charge < -0.3 is 0 Å². The zero-order valence-corrected chi connectivity index (χ0v) is 11.2. The Morgan fingerprint density at radius 3 is 2.57 bits per heavy atom. The van der Waals surface area contributed by atoms with Crippen molar-refractivity contribution in [2.75, 3.05) is 0 Å². The second-order valence-corrected chi connectivity index (χ2v) is 4.76. The Hall–Kier alpha value is -2.22. The first kappa shape index (κ1) is 13.7. The van der Waals surface area contributed by atoms with E-state index in [1.165, 1.54) is 13.1 Å². The van der Waals surface area contributed by atoms with E-state index in [9.17, 15) is 18.0 Å². The summed E-state index contributed by atoms with van der Waals surface area (Å²) in [4.78, 5) is 20.0. The predicted molar refractivity (Wildman–Crippen MR) is 70.1 cm³/mol. The van der Waals surface area contributed by atoms with Crippen molar-refractivity contribution >= 4 is 33.8 Å². The molecule has 0 bridgehead atoms. The lowest BCUT2D eigenvalue weighted by Crippen LogP contribution is -2.26. The van der Waals surface area contributed by atoms with Gasteiger partial charge in [0, 0.05) is 12.1 Å². The molecule has 3 aromatic rings. The quantitative estimate of drug-likeness (QED) is 0.598. The molecule has 3 rings (SSSR count). The molecule has 21 heavy (non-hydrogen) atoms. The molecule has 1 aromatic carbocycles. The Morgan fingerprint density at radius 2 is 1.90 bits per heavy atom. The van der Waals surface area contributed by atoms with E-state index < -0.39 is 22.8 Å². The van der Waals surface area contributed by atoms with Gasteiger partial charge in [0.1, 0.15) is 0 Å². The second kappa shape index (κ2) is 4.39. The van der Waals surface area contributed by atoms with Crippen molar-refractivity contribution < 1.29 is 13.2 Å². The topological polar surface area (TPSA) is 60.7 Å². The third kappa shape index (κ3) is 2.21. The van der Waals surface area contributed by atoms with Gasteiger partial charge in [0.15, 0.2) is 11.2 Å². The lowest BCUT2D eigenvalue weighted by molar-refractivity contribution is -0.142. The first-order valence-electron chi connectivity index (χ1n) is 5.69. The standard InChI is InChI=1S/C12H6ClF3N4O/c1-20-11-8(9(21)10(19-20)12(14,15)16)17-7-4-5(13)2-3-6(7)18-11/h2-4H,1H3. The van der Waals surface area contributed by atoms with E-state index in [0.29, 0.717) is 10.5 Å². The van der Waals surface area contributed by atoms with Gasteiger partial charge in [0.05, 0.1) is 11.0 Å². The summed E-state index contributed by atoms with van der Waals surface area (Å²) in [7, 11) is 1.27. The van der Waals surface area contributed by atoms with Crippen LogP contribution in [0.2, 0.25) is 5.02 Å². The fourth-order valence-corrected chi connectivity index (χ4v) is 2.10. The molecule has 5 nitrogen and oxygen atoms in total. The van der Waals surface area contributed by atoms with E-state index in [1.807, 2.05) is 0 Å². The molecule has 0 aliphatic rings. The van der Waals surface area contributed by atoms with E-state index >= 15 is 0 Å². The lowest BCUT2D eigenvalue weighted by Gasteiger charge is -2.09. The van der Waals surface area contributed by atoms with Crippen LogP contribution >= 0.6 is 11.6 Å². The van der Waals surface area contributed by atoms with Gasteiger partial charge in [-0.1, -0.05) is 11.6 Å². The second-order valence-electron chi connectivity index (χ2n) is 4.33. The van der Waals surface area contributed by atoms with Crippen LogP contribution in [0.25, 0.3) is 22.2 Å². The summed E-state index contributed by atoms with van der Waals surface area (Å²) >= 11 is 5.80. The number of halogens is 4.